The fourth-order valence-electron chi connectivity index (χ4n) is 2.61. The van der Waals surface area contributed by atoms with Crippen LogP contribution in [0.2, 0.25) is 0 Å². The summed E-state index contributed by atoms with van der Waals surface area (Å²) in [5, 5.41) is 11.5. The van der Waals surface area contributed by atoms with Crippen molar-refractivity contribution in [3.05, 3.63) is 0 Å². The predicted octanol–water partition coefficient (Wildman–Crippen LogP) is 2.07. The van der Waals surface area contributed by atoms with Crippen molar-refractivity contribution in [3.63, 3.8) is 0 Å². The van der Waals surface area contributed by atoms with E-state index in [0.717, 1.165) is 19.3 Å². The molecule has 0 aromatic rings. The summed E-state index contributed by atoms with van der Waals surface area (Å²) in [5.74, 6) is -0.490. The van der Waals surface area contributed by atoms with Crippen LogP contribution in [0.1, 0.15) is 46.0 Å². The summed E-state index contributed by atoms with van der Waals surface area (Å²) in [5.41, 5.74) is 0. The van der Waals surface area contributed by atoms with E-state index in [4.69, 9.17) is 5.11 Å². The third-order valence-corrected chi connectivity index (χ3v) is 3.89. The Labute approximate surface area is 109 Å². The Balaban J connectivity index is 2.57. The third-order valence-electron chi connectivity index (χ3n) is 3.89. The molecule has 104 valence electrons. The second kappa shape index (κ2) is 6.61. The highest BCUT2D eigenvalue weighted by Crippen LogP contribution is 2.27. The van der Waals surface area contributed by atoms with Crippen LogP contribution in [0.3, 0.4) is 0 Å². The number of carboxylic acids is 1. The first-order chi connectivity index (χ1) is 8.47. The van der Waals surface area contributed by atoms with E-state index in [0.29, 0.717) is 12.3 Å². The van der Waals surface area contributed by atoms with E-state index in [2.05, 4.69) is 12.2 Å². The summed E-state index contributed by atoms with van der Waals surface area (Å²) < 4.78 is 0. The number of carbonyl (C=O) groups is 2. The molecule has 2 unspecified atom stereocenters. The first kappa shape index (κ1) is 14.8. The first-order valence-electron chi connectivity index (χ1n) is 6.73. The molecule has 0 radical (unpaired) electrons. The van der Waals surface area contributed by atoms with Gasteiger partial charge in [-0.05, 0) is 25.2 Å². The Kier molecular flexibility index (Phi) is 5.44. The van der Waals surface area contributed by atoms with Gasteiger partial charge < -0.3 is 15.3 Å². The zero-order valence-electron chi connectivity index (χ0n) is 11.5. The number of rotatable bonds is 4. The molecule has 0 heterocycles. The number of hydrogen-bond acceptors (Lipinski definition) is 2. The average molecular weight is 256 g/mol. The van der Waals surface area contributed by atoms with Crippen LogP contribution in [0.25, 0.3) is 0 Å². The van der Waals surface area contributed by atoms with Crippen molar-refractivity contribution in [2.75, 3.05) is 7.05 Å². The molecule has 0 spiro atoms. The maximum atomic E-state index is 12.0. The molecular weight excluding hydrogens is 232 g/mol. The second-order valence-electron chi connectivity index (χ2n) is 5.19. The Morgan fingerprint density at radius 2 is 2.00 bits per heavy atom. The molecule has 0 saturated heterocycles. The molecule has 2 amide bonds. The maximum absolute atomic E-state index is 12.0. The predicted molar refractivity (Wildman–Crippen MR) is 69.4 cm³/mol. The van der Waals surface area contributed by atoms with E-state index in [9.17, 15) is 9.59 Å². The van der Waals surface area contributed by atoms with Crippen molar-refractivity contribution in [1.29, 1.82) is 0 Å². The van der Waals surface area contributed by atoms with Crippen molar-refractivity contribution in [3.8, 4) is 0 Å². The number of carbonyl (C=O) groups excluding carboxylic acids is 1. The molecule has 1 aliphatic rings. The van der Waals surface area contributed by atoms with Crippen LogP contribution < -0.4 is 5.32 Å². The highest BCUT2D eigenvalue weighted by Gasteiger charge is 2.29. The molecule has 1 rings (SSSR count). The molecule has 0 aliphatic heterocycles. The molecule has 5 nitrogen and oxygen atoms in total. The minimum atomic E-state index is -0.976. The van der Waals surface area contributed by atoms with E-state index < -0.39 is 12.0 Å². The van der Waals surface area contributed by atoms with Crippen LogP contribution in [-0.4, -0.2) is 41.1 Å². The van der Waals surface area contributed by atoms with Gasteiger partial charge in [0.1, 0.15) is 6.04 Å². The van der Waals surface area contributed by atoms with Gasteiger partial charge in [-0.15, -0.1) is 0 Å². The van der Waals surface area contributed by atoms with Gasteiger partial charge in [0.15, 0.2) is 0 Å². The van der Waals surface area contributed by atoms with Crippen molar-refractivity contribution in [1.82, 2.24) is 10.2 Å². The molecule has 0 aromatic heterocycles. The molecule has 3 atom stereocenters. The topological polar surface area (TPSA) is 69.6 Å². The van der Waals surface area contributed by atoms with Crippen molar-refractivity contribution >= 4 is 12.0 Å². The number of nitrogens with one attached hydrogen (secondary N) is 1. The van der Waals surface area contributed by atoms with Crippen LogP contribution in [0.4, 0.5) is 4.79 Å². The Morgan fingerprint density at radius 1 is 1.39 bits per heavy atom. The molecule has 1 fully saturated rings. The summed E-state index contributed by atoms with van der Waals surface area (Å²) in [6.45, 7) is 3.91. The molecule has 1 saturated carbocycles. The van der Waals surface area contributed by atoms with Gasteiger partial charge in [0.25, 0.3) is 0 Å². The molecule has 1 aliphatic carbocycles. The summed E-state index contributed by atoms with van der Waals surface area (Å²) in [7, 11) is 1.76. The van der Waals surface area contributed by atoms with Crippen LogP contribution >= 0.6 is 0 Å². The fourth-order valence-corrected chi connectivity index (χ4v) is 2.61. The lowest BCUT2D eigenvalue weighted by Crippen LogP contribution is -2.51. The molecule has 0 aromatic carbocycles. The number of urea groups is 1. The van der Waals surface area contributed by atoms with Crippen LogP contribution in [0, 0.1) is 5.92 Å². The lowest BCUT2D eigenvalue weighted by atomic mass is 9.85. The van der Waals surface area contributed by atoms with Gasteiger partial charge in [0, 0.05) is 13.1 Å². The van der Waals surface area contributed by atoms with Crippen molar-refractivity contribution in [2.24, 2.45) is 5.92 Å². The summed E-state index contributed by atoms with van der Waals surface area (Å²) in [6.07, 6.45) is 4.91. The van der Waals surface area contributed by atoms with E-state index in [1.165, 1.54) is 6.42 Å². The van der Waals surface area contributed by atoms with Gasteiger partial charge in [-0.3, -0.25) is 0 Å². The van der Waals surface area contributed by atoms with Gasteiger partial charge in [0.2, 0.25) is 0 Å². The van der Waals surface area contributed by atoms with Gasteiger partial charge in [-0.2, -0.15) is 0 Å². The van der Waals surface area contributed by atoms with E-state index in [1.807, 2.05) is 0 Å². The highest BCUT2D eigenvalue weighted by molar-refractivity contribution is 5.82. The molecule has 0 bridgehead atoms. The van der Waals surface area contributed by atoms with Gasteiger partial charge in [-0.1, -0.05) is 26.7 Å². The normalized spacial score (nSPS) is 25.3. The number of nitrogens with zero attached hydrogens (tertiary/aromatic N) is 1. The van der Waals surface area contributed by atoms with E-state index in [-0.39, 0.29) is 12.1 Å². The van der Waals surface area contributed by atoms with E-state index in [1.54, 1.807) is 18.9 Å². The number of aliphatic carboxylic acids is 1. The lowest BCUT2D eigenvalue weighted by molar-refractivity contribution is -0.139. The zero-order valence-corrected chi connectivity index (χ0v) is 11.5. The minimum absolute atomic E-state index is 0.227. The SMILES string of the molecule is CC[C@@H](NC(=O)N(C)C1CCCCC1C)C(=O)O. The fraction of sp³-hybridized carbons (Fsp3) is 0.846. The third kappa shape index (κ3) is 3.62. The molecule has 2 N–H and O–H groups in total. The molecule has 18 heavy (non-hydrogen) atoms. The van der Waals surface area contributed by atoms with Crippen LogP contribution in [-0.2, 0) is 4.79 Å². The Bertz CT molecular complexity index is 307. The summed E-state index contributed by atoms with van der Waals surface area (Å²) in [6, 6.07) is -0.841. The van der Waals surface area contributed by atoms with E-state index >= 15 is 0 Å². The molecular formula is C13H24N2O3. The number of hydrogen-bond donors (Lipinski definition) is 2. The Hall–Kier alpha value is -1.26. The van der Waals surface area contributed by atoms with Gasteiger partial charge in [-0.25, -0.2) is 9.59 Å². The monoisotopic (exact) mass is 256 g/mol. The smallest absolute Gasteiger partial charge is 0.326 e. The van der Waals surface area contributed by atoms with Gasteiger partial charge in [0.05, 0.1) is 0 Å². The minimum Gasteiger partial charge on any atom is -0.480 e. The lowest BCUT2D eigenvalue weighted by Gasteiger charge is -2.36. The largest absolute Gasteiger partial charge is 0.480 e. The number of amides is 2. The maximum Gasteiger partial charge on any atom is 0.326 e. The van der Waals surface area contributed by atoms with Crippen molar-refractivity contribution in [2.45, 2.75) is 58.0 Å². The highest BCUT2D eigenvalue weighted by atomic mass is 16.4. The van der Waals surface area contributed by atoms with Crippen molar-refractivity contribution < 1.29 is 14.7 Å². The molecule has 5 heteroatoms. The Morgan fingerprint density at radius 3 is 2.50 bits per heavy atom. The average Bonchev–Trinajstić information content (AvgIpc) is 2.35. The first-order valence-corrected chi connectivity index (χ1v) is 6.73. The number of carboxylic acid groups (broad SMARTS) is 1. The summed E-state index contributed by atoms with van der Waals surface area (Å²) in [4.78, 5) is 24.6. The second-order valence-corrected chi connectivity index (χ2v) is 5.19. The van der Waals surface area contributed by atoms with Crippen LogP contribution in [0.5, 0.6) is 0 Å². The van der Waals surface area contributed by atoms with Crippen LogP contribution in [0.15, 0.2) is 0 Å². The zero-order chi connectivity index (χ0) is 13.7. The summed E-state index contributed by atoms with van der Waals surface area (Å²) >= 11 is 0. The standard InChI is InChI=1S/C13H24N2O3/c1-4-10(12(16)17)14-13(18)15(3)11-8-6-5-7-9(11)2/h9-11H,4-8H2,1-3H3,(H,14,18)(H,16,17)/t9?,10-,11?/m1/s1. The van der Waals surface area contributed by atoms with Gasteiger partial charge >= 0.3 is 12.0 Å². The quantitative estimate of drug-likeness (QED) is 0.809.